The molecule has 4 nitrogen and oxygen atoms in total. The van der Waals surface area contributed by atoms with Crippen molar-refractivity contribution in [1.29, 1.82) is 0 Å². The summed E-state index contributed by atoms with van der Waals surface area (Å²) in [6, 6.07) is 7.95. The topological polar surface area (TPSA) is 58.2 Å². The molecule has 0 aromatic heterocycles. The van der Waals surface area contributed by atoms with Gasteiger partial charge in [-0.2, -0.15) is 0 Å². The van der Waals surface area contributed by atoms with Crippen LogP contribution in [0.3, 0.4) is 0 Å². The van der Waals surface area contributed by atoms with Gasteiger partial charge in [0.15, 0.2) is 0 Å². The molecule has 0 bridgehead atoms. The summed E-state index contributed by atoms with van der Waals surface area (Å²) in [5.41, 5.74) is 1.95. The molecule has 0 aliphatic heterocycles. The van der Waals surface area contributed by atoms with Gasteiger partial charge < -0.3 is 10.6 Å². The third-order valence-electron chi connectivity index (χ3n) is 5.48. The largest absolute Gasteiger partial charge is 0.353 e. The van der Waals surface area contributed by atoms with Crippen molar-refractivity contribution in [2.24, 2.45) is 5.41 Å². The van der Waals surface area contributed by atoms with Gasteiger partial charge in [0.05, 0.1) is 6.04 Å². The van der Waals surface area contributed by atoms with Crippen molar-refractivity contribution >= 4 is 11.8 Å². The van der Waals surface area contributed by atoms with Gasteiger partial charge in [-0.05, 0) is 36.0 Å². The normalized spacial score (nSPS) is 17.4. The summed E-state index contributed by atoms with van der Waals surface area (Å²) in [6.45, 7) is 10.3. The predicted octanol–water partition coefficient (Wildman–Crippen LogP) is 4.24. The molecule has 1 atom stereocenters. The number of carbonyl (C=O) groups excluding carboxylic acids is 2. The second kappa shape index (κ2) is 9.02. The molecular weight excluding hydrogens is 324 g/mol. The zero-order valence-corrected chi connectivity index (χ0v) is 16.3. The highest BCUT2D eigenvalue weighted by molar-refractivity contribution is 5.87. The Kier molecular flexibility index (Phi) is 7.01. The molecule has 0 saturated heterocycles. The molecule has 0 radical (unpaired) electrons. The second-order valence-corrected chi connectivity index (χ2v) is 7.92. The van der Waals surface area contributed by atoms with E-state index in [1.54, 1.807) is 0 Å². The molecule has 1 aliphatic rings. The molecule has 1 aliphatic carbocycles. The van der Waals surface area contributed by atoms with Crippen molar-refractivity contribution < 1.29 is 9.59 Å². The van der Waals surface area contributed by atoms with E-state index in [9.17, 15) is 9.59 Å². The summed E-state index contributed by atoms with van der Waals surface area (Å²) < 4.78 is 0. The maximum atomic E-state index is 12.7. The van der Waals surface area contributed by atoms with Gasteiger partial charge in [0, 0.05) is 12.0 Å². The Labute approximate surface area is 157 Å². The highest BCUT2D eigenvalue weighted by atomic mass is 16.2. The Morgan fingerprint density at radius 1 is 1.12 bits per heavy atom. The number of carbonyl (C=O) groups is 2. The third-order valence-corrected chi connectivity index (χ3v) is 5.48. The number of benzene rings is 1. The van der Waals surface area contributed by atoms with Gasteiger partial charge in [-0.25, -0.2) is 0 Å². The smallest absolute Gasteiger partial charge is 0.243 e. The maximum Gasteiger partial charge on any atom is 0.243 e. The van der Waals surface area contributed by atoms with Crippen LogP contribution >= 0.6 is 0 Å². The lowest BCUT2D eigenvalue weighted by Crippen LogP contribution is -2.44. The number of hydrogen-bond donors (Lipinski definition) is 2. The Bertz CT molecular complexity index is 628. The van der Waals surface area contributed by atoms with Gasteiger partial charge in [0.1, 0.15) is 0 Å². The molecular formula is C22H32N2O2. The number of hydrogen-bond acceptors (Lipinski definition) is 2. The van der Waals surface area contributed by atoms with Crippen LogP contribution in [0.15, 0.2) is 36.9 Å². The first-order valence-electron chi connectivity index (χ1n) is 9.67. The first-order valence-corrected chi connectivity index (χ1v) is 9.67. The van der Waals surface area contributed by atoms with E-state index >= 15 is 0 Å². The Balaban J connectivity index is 2.08. The standard InChI is InChI=1S/C22H32N2O2/c1-5-20(25)24-19(18-11-9-17(10-12-18)16(2)3)15-23-21(26)22(4)13-7-6-8-14-22/h5,9-12,16,19H,1,6-8,13-15H2,2-4H3,(H,23,26)(H,24,25). The summed E-state index contributed by atoms with van der Waals surface area (Å²) in [4.78, 5) is 24.5. The lowest BCUT2D eigenvalue weighted by molar-refractivity contribution is -0.132. The molecule has 26 heavy (non-hydrogen) atoms. The van der Waals surface area contributed by atoms with Crippen LogP contribution in [0.4, 0.5) is 0 Å². The van der Waals surface area contributed by atoms with Gasteiger partial charge in [-0.3, -0.25) is 9.59 Å². The van der Waals surface area contributed by atoms with Gasteiger partial charge >= 0.3 is 0 Å². The SMILES string of the molecule is C=CC(=O)NC(CNC(=O)C1(C)CCCCC1)c1ccc(C(C)C)cc1. The molecule has 2 N–H and O–H groups in total. The molecule has 2 rings (SSSR count). The minimum absolute atomic E-state index is 0.0915. The van der Waals surface area contributed by atoms with E-state index in [0.29, 0.717) is 12.5 Å². The van der Waals surface area contributed by atoms with Crippen molar-refractivity contribution in [3.63, 3.8) is 0 Å². The molecule has 1 fully saturated rings. The molecule has 4 heteroatoms. The zero-order valence-electron chi connectivity index (χ0n) is 16.3. The predicted molar refractivity (Wildman–Crippen MR) is 106 cm³/mol. The molecule has 0 spiro atoms. The van der Waals surface area contributed by atoms with Crippen LogP contribution in [0.5, 0.6) is 0 Å². The quantitative estimate of drug-likeness (QED) is 0.718. The van der Waals surface area contributed by atoms with Crippen LogP contribution in [-0.4, -0.2) is 18.4 Å². The fourth-order valence-corrected chi connectivity index (χ4v) is 3.56. The molecule has 142 valence electrons. The minimum Gasteiger partial charge on any atom is -0.353 e. The summed E-state index contributed by atoms with van der Waals surface area (Å²) in [5.74, 6) is 0.311. The van der Waals surface area contributed by atoms with Crippen molar-refractivity contribution in [2.45, 2.75) is 64.8 Å². The Morgan fingerprint density at radius 3 is 2.23 bits per heavy atom. The van der Waals surface area contributed by atoms with Crippen molar-refractivity contribution in [3.8, 4) is 0 Å². The second-order valence-electron chi connectivity index (χ2n) is 7.92. The number of nitrogens with one attached hydrogen (secondary N) is 2. The van der Waals surface area contributed by atoms with Gasteiger partial charge in [-0.15, -0.1) is 0 Å². The van der Waals surface area contributed by atoms with Gasteiger partial charge in [0.2, 0.25) is 11.8 Å². The summed E-state index contributed by atoms with van der Waals surface area (Å²) >= 11 is 0. The number of rotatable bonds is 7. The van der Waals surface area contributed by atoms with Crippen LogP contribution < -0.4 is 10.6 Å². The number of amides is 2. The first-order chi connectivity index (χ1) is 12.4. The van der Waals surface area contributed by atoms with Gasteiger partial charge in [0.25, 0.3) is 0 Å². The Morgan fingerprint density at radius 2 is 1.69 bits per heavy atom. The Hall–Kier alpha value is -2.10. The summed E-state index contributed by atoms with van der Waals surface area (Å²) in [6.07, 6.45) is 6.56. The fraction of sp³-hybridized carbons (Fsp3) is 0.545. The van der Waals surface area contributed by atoms with Crippen LogP contribution in [-0.2, 0) is 9.59 Å². The molecule has 2 amide bonds. The average molecular weight is 357 g/mol. The van der Waals surface area contributed by atoms with E-state index in [2.05, 4.69) is 50.1 Å². The van der Waals surface area contributed by atoms with Crippen LogP contribution in [0.25, 0.3) is 0 Å². The summed E-state index contributed by atoms with van der Waals surface area (Å²) in [5, 5.41) is 6.00. The fourth-order valence-electron chi connectivity index (χ4n) is 3.56. The molecule has 1 saturated carbocycles. The van der Waals surface area contributed by atoms with E-state index in [-0.39, 0.29) is 23.3 Å². The van der Waals surface area contributed by atoms with Crippen molar-refractivity contribution in [3.05, 3.63) is 48.0 Å². The lowest BCUT2D eigenvalue weighted by Gasteiger charge is -2.32. The lowest BCUT2D eigenvalue weighted by atomic mass is 9.75. The first kappa shape index (κ1) is 20.2. The zero-order chi connectivity index (χ0) is 19.2. The van der Waals surface area contributed by atoms with Crippen LogP contribution in [0.2, 0.25) is 0 Å². The van der Waals surface area contributed by atoms with E-state index in [0.717, 1.165) is 31.2 Å². The maximum absolute atomic E-state index is 12.7. The molecule has 1 aromatic carbocycles. The van der Waals surface area contributed by atoms with Crippen LogP contribution in [0, 0.1) is 5.41 Å². The minimum atomic E-state index is -0.285. The van der Waals surface area contributed by atoms with Crippen LogP contribution in [0.1, 0.15) is 76.0 Å². The van der Waals surface area contributed by atoms with Crippen molar-refractivity contribution in [1.82, 2.24) is 10.6 Å². The monoisotopic (exact) mass is 356 g/mol. The highest BCUT2D eigenvalue weighted by Gasteiger charge is 2.34. The van der Waals surface area contributed by atoms with E-state index in [4.69, 9.17) is 0 Å². The van der Waals surface area contributed by atoms with Crippen molar-refractivity contribution in [2.75, 3.05) is 6.54 Å². The van der Waals surface area contributed by atoms with E-state index < -0.39 is 0 Å². The molecule has 1 aromatic rings. The molecule has 0 heterocycles. The van der Waals surface area contributed by atoms with Gasteiger partial charge in [-0.1, -0.05) is 70.9 Å². The van der Waals surface area contributed by atoms with E-state index in [1.165, 1.54) is 18.1 Å². The van der Waals surface area contributed by atoms with E-state index in [1.807, 2.05) is 12.1 Å². The third kappa shape index (κ3) is 5.20. The highest BCUT2D eigenvalue weighted by Crippen LogP contribution is 2.35. The molecule has 1 unspecified atom stereocenters. The summed E-state index contributed by atoms with van der Waals surface area (Å²) in [7, 11) is 0. The average Bonchev–Trinajstić information content (AvgIpc) is 2.65.